The number of hydrogen-bond acceptors (Lipinski definition) is 10. The summed E-state index contributed by atoms with van der Waals surface area (Å²) in [5.41, 5.74) is 3.33. The number of thiazole rings is 1. The van der Waals surface area contributed by atoms with Gasteiger partial charge in [0, 0.05) is 43.8 Å². The molecule has 0 bridgehead atoms. The highest BCUT2D eigenvalue weighted by molar-refractivity contribution is 7.09. The normalized spacial score (nSPS) is 18.3. The number of nitrogens with zero attached hydrogens (tertiary/aromatic N) is 3. The van der Waals surface area contributed by atoms with Crippen LogP contribution in [-0.4, -0.2) is 89.2 Å². The highest BCUT2D eigenvalue weighted by Crippen LogP contribution is 2.31. The molecule has 3 rings (SSSR count). The van der Waals surface area contributed by atoms with Crippen LogP contribution in [0.5, 0.6) is 0 Å². The van der Waals surface area contributed by atoms with Crippen LogP contribution in [0.15, 0.2) is 35.7 Å². The quantitative estimate of drug-likeness (QED) is 0.0762. The van der Waals surface area contributed by atoms with Gasteiger partial charge in [0.25, 0.3) is 5.91 Å². The number of carbonyl (C=O) groups is 5. The molecule has 2 heterocycles. The molecule has 1 aromatic carbocycles. The number of hydrogen-bond donors (Lipinski definition) is 4. The van der Waals surface area contributed by atoms with Gasteiger partial charge in [-0.2, -0.15) is 0 Å². The van der Waals surface area contributed by atoms with E-state index in [1.807, 2.05) is 70.0 Å². The van der Waals surface area contributed by atoms with Crippen molar-refractivity contribution in [1.29, 1.82) is 0 Å². The van der Waals surface area contributed by atoms with Gasteiger partial charge in [0.15, 0.2) is 6.10 Å². The molecule has 288 valence electrons. The average molecular weight is 742 g/mol. The van der Waals surface area contributed by atoms with E-state index in [9.17, 15) is 24.0 Å². The van der Waals surface area contributed by atoms with Crippen molar-refractivity contribution in [2.45, 2.75) is 117 Å². The molecule has 0 unspecified atom stereocenters. The fraction of sp³-hybridized carbons (Fsp3) is 0.632. The lowest BCUT2D eigenvalue weighted by molar-refractivity contribution is -0.149. The topological polar surface area (TPSA) is 176 Å². The number of nitrogens with one attached hydrogen (secondary N) is 3. The Morgan fingerprint density at radius 1 is 1.06 bits per heavy atom. The molecular weight excluding hydrogens is 683 g/mol. The first-order chi connectivity index (χ1) is 24.7. The lowest BCUT2D eigenvalue weighted by atomic mass is 9.92. The summed E-state index contributed by atoms with van der Waals surface area (Å²) < 4.78 is 5.78. The van der Waals surface area contributed by atoms with Gasteiger partial charge in [0.05, 0.1) is 6.04 Å². The highest BCUT2D eigenvalue weighted by Gasteiger charge is 2.37. The number of likely N-dealkylation sites (N-methyl/N-ethyl adjacent to an activating group) is 2. The van der Waals surface area contributed by atoms with Gasteiger partial charge in [0.1, 0.15) is 16.7 Å². The monoisotopic (exact) mass is 741 g/mol. The minimum absolute atomic E-state index is 0.0426. The van der Waals surface area contributed by atoms with Crippen molar-refractivity contribution in [3.05, 3.63) is 52.0 Å². The number of nitrogens with two attached hydrogens (primary N) is 1. The molecule has 52 heavy (non-hydrogen) atoms. The van der Waals surface area contributed by atoms with Crippen LogP contribution in [0, 0.1) is 17.8 Å². The van der Waals surface area contributed by atoms with Crippen LogP contribution >= 0.6 is 11.3 Å². The third kappa shape index (κ3) is 12.1. The lowest BCUT2D eigenvalue weighted by Gasteiger charge is -2.38. The molecule has 1 aliphatic rings. The summed E-state index contributed by atoms with van der Waals surface area (Å²) in [5.74, 6) is 3.15. The Morgan fingerprint density at radius 2 is 1.75 bits per heavy atom. The molecule has 1 saturated heterocycles. The molecule has 5 N–H and O–H groups in total. The summed E-state index contributed by atoms with van der Waals surface area (Å²) in [4.78, 5) is 74.1. The maximum atomic E-state index is 14.2. The van der Waals surface area contributed by atoms with Crippen molar-refractivity contribution in [2.75, 3.05) is 20.6 Å². The van der Waals surface area contributed by atoms with Gasteiger partial charge < -0.3 is 20.3 Å². The smallest absolute Gasteiger partial charge is 0.303 e. The molecule has 0 aliphatic carbocycles. The molecule has 0 radical (unpaired) electrons. The number of aromatic nitrogens is 1. The molecule has 4 amide bonds. The fourth-order valence-corrected chi connectivity index (χ4v) is 7.62. The second kappa shape index (κ2) is 20.4. The third-order valence-electron chi connectivity index (χ3n) is 10.1. The molecule has 0 spiro atoms. The van der Waals surface area contributed by atoms with E-state index in [0.29, 0.717) is 24.3 Å². The molecule has 1 aliphatic heterocycles. The van der Waals surface area contributed by atoms with Crippen LogP contribution in [-0.2, 0) is 30.3 Å². The summed E-state index contributed by atoms with van der Waals surface area (Å²) in [6.45, 7) is 11.9. The second-order valence-corrected chi connectivity index (χ2v) is 15.4. The minimum atomic E-state index is -0.826. The Morgan fingerprint density at radius 3 is 2.35 bits per heavy atom. The number of rotatable bonds is 18. The molecule has 0 saturated carbocycles. The van der Waals surface area contributed by atoms with Gasteiger partial charge in [0.2, 0.25) is 17.7 Å². The first-order valence-corrected chi connectivity index (χ1v) is 19.3. The van der Waals surface area contributed by atoms with E-state index in [0.717, 1.165) is 31.4 Å². The molecule has 13 nitrogen and oxygen atoms in total. The zero-order chi connectivity index (χ0) is 38.5. The Bertz CT molecular complexity index is 1490. The van der Waals surface area contributed by atoms with Gasteiger partial charge in [-0.15, -0.1) is 11.3 Å². The maximum Gasteiger partial charge on any atom is 0.303 e. The zero-order valence-electron chi connectivity index (χ0n) is 32.0. The van der Waals surface area contributed by atoms with E-state index in [-0.39, 0.29) is 59.8 Å². The number of hydrazine groups is 1. The molecule has 7 atom stereocenters. The molecular formula is C38H59N7O6S. The van der Waals surface area contributed by atoms with Crippen molar-refractivity contribution in [2.24, 2.45) is 23.6 Å². The molecule has 1 aromatic heterocycles. The van der Waals surface area contributed by atoms with Gasteiger partial charge in [-0.3, -0.25) is 34.3 Å². The maximum absolute atomic E-state index is 14.2. The van der Waals surface area contributed by atoms with Crippen LogP contribution in [0.25, 0.3) is 0 Å². The van der Waals surface area contributed by atoms with E-state index >= 15 is 0 Å². The van der Waals surface area contributed by atoms with Crippen LogP contribution in [0.2, 0.25) is 0 Å². The number of ether oxygens (including phenoxy) is 1. The summed E-state index contributed by atoms with van der Waals surface area (Å²) in [6, 6.07) is 7.89. The van der Waals surface area contributed by atoms with E-state index in [1.54, 1.807) is 24.3 Å². The first kappa shape index (κ1) is 42.5. The number of benzene rings is 1. The standard InChI is InChI=1S/C38H59N7O6S/c1-9-24(4)33(42-36(49)30-17-13-14-18-44(30)7)38(50)45(8)31(23(2)3)21-32(51-26(6)46)37-41-29(22-52-37)35(48)40-28(19-25(5)34(47)43-39)20-27-15-11-10-12-16-27/h10-12,15-16,22-25,28,30-33H,9,13-14,17-21,39H2,1-8H3,(H,40,48)(H,42,49)(H,43,47)/t24-,25-,28+,30+,31+,32+,33-/m0/s1. The Labute approximate surface area is 312 Å². The van der Waals surface area contributed by atoms with Crippen LogP contribution < -0.4 is 21.9 Å². The Balaban J connectivity index is 1.81. The van der Waals surface area contributed by atoms with E-state index in [4.69, 9.17) is 10.6 Å². The fourth-order valence-electron chi connectivity index (χ4n) is 6.79. The summed E-state index contributed by atoms with van der Waals surface area (Å²) in [7, 11) is 3.67. The molecule has 2 aromatic rings. The summed E-state index contributed by atoms with van der Waals surface area (Å²) >= 11 is 1.20. The number of carbonyl (C=O) groups excluding carboxylic acids is 5. The molecule has 1 fully saturated rings. The van der Waals surface area contributed by atoms with E-state index in [2.05, 4.69) is 21.0 Å². The van der Waals surface area contributed by atoms with Crippen molar-refractivity contribution in [3.8, 4) is 0 Å². The van der Waals surface area contributed by atoms with Gasteiger partial charge in [-0.25, -0.2) is 10.8 Å². The summed E-state index contributed by atoms with van der Waals surface area (Å²) in [5, 5.41) is 8.16. The minimum Gasteiger partial charge on any atom is -0.455 e. The van der Waals surface area contributed by atoms with Crippen molar-refractivity contribution in [3.63, 3.8) is 0 Å². The number of amides is 4. The predicted octanol–water partition coefficient (Wildman–Crippen LogP) is 3.99. The number of esters is 1. The van der Waals surface area contributed by atoms with Crippen LogP contribution in [0.3, 0.4) is 0 Å². The predicted molar refractivity (Wildman–Crippen MR) is 202 cm³/mol. The number of piperidine rings is 1. The second-order valence-electron chi connectivity index (χ2n) is 14.5. The van der Waals surface area contributed by atoms with Crippen molar-refractivity contribution < 1.29 is 28.7 Å². The van der Waals surface area contributed by atoms with Gasteiger partial charge in [-0.05, 0) is 56.7 Å². The van der Waals surface area contributed by atoms with Crippen LogP contribution in [0.4, 0.5) is 0 Å². The average Bonchev–Trinajstić information content (AvgIpc) is 3.62. The largest absolute Gasteiger partial charge is 0.455 e. The van der Waals surface area contributed by atoms with Crippen LogP contribution in [0.1, 0.15) is 107 Å². The third-order valence-corrected chi connectivity index (χ3v) is 11.1. The lowest BCUT2D eigenvalue weighted by Crippen LogP contribution is -2.58. The van der Waals surface area contributed by atoms with E-state index in [1.165, 1.54) is 18.3 Å². The molecule has 14 heteroatoms. The highest BCUT2D eigenvalue weighted by atomic mass is 32.1. The van der Waals surface area contributed by atoms with E-state index < -0.39 is 29.9 Å². The summed E-state index contributed by atoms with van der Waals surface area (Å²) in [6.07, 6.45) is 3.72. The van der Waals surface area contributed by atoms with Gasteiger partial charge in [-0.1, -0.05) is 77.8 Å². The Kier molecular flexibility index (Phi) is 16.7. The number of likely N-dealkylation sites (tertiary alicyclic amines) is 1. The SMILES string of the molecule is CC[C@H](C)[C@H](NC(=O)[C@H]1CCCCN1C)C(=O)N(C)[C@H](C[C@@H](OC(C)=O)c1nc(C(=O)N[C@@H](Cc2ccccc2)C[C@H](C)C(=O)NN)cs1)C(C)C. The first-order valence-electron chi connectivity index (χ1n) is 18.4. The van der Waals surface area contributed by atoms with Crippen molar-refractivity contribution in [1.82, 2.24) is 30.8 Å². The zero-order valence-corrected chi connectivity index (χ0v) is 32.8. The van der Waals surface area contributed by atoms with Crippen molar-refractivity contribution >= 4 is 40.9 Å². The van der Waals surface area contributed by atoms with Gasteiger partial charge >= 0.3 is 5.97 Å². The Hall–Kier alpha value is -3.88.